The number of piperidine rings is 1. The maximum atomic E-state index is 5.89. The molecule has 1 aromatic rings. The standard InChI is InChI=1S/C17H28N2O2/c1-3-20-16-6-4-5-7-17(16)21-11-10-19-9-8-15(12-18)14(2)13-19/h4-7,14-15H,3,8-13,18H2,1-2H3. The Morgan fingerprint density at radius 3 is 2.57 bits per heavy atom. The first-order valence-electron chi connectivity index (χ1n) is 8.01. The number of benzene rings is 1. The van der Waals surface area contributed by atoms with Gasteiger partial charge in [0.15, 0.2) is 11.5 Å². The molecule has 2 rings (SSSR count). The maximum Gasteiger partial charge on any atom is 0.161 e. The predicted molar refractivity (Wildman–Crippen MR) is 85.9 cm³/mol. The molecule has 4 nitrogen and oxygen atoms in total. The van der Waals surface area contributed by atoms with E-state index >= 15 is 0 Å². The molecule has 0 radical (unpaired) electrons. The van der Waals surface area contributed by atoms with Crippen LogP contribution in [-0.4, -0.2) is 44.3 Å². The fourth-order valence-electron chi connectivity index (χ4n) is 2.96. The van der Waals surface area contributed by atoms with Gasteiger partial charge < -0.3 is 15.2 Å². The second-order valence-electron chi connectivity index (χ2n) is 5.79. The Kier molecular flexibility index (Phi) is 6.33. The average molecular weight is 292 g/mol. The Labute approximate surface area is 128 Å². The fourth-order valence-corrected chi connectivity index (χ4v) is 2.96. The monoisotopic (exact) mass is 292 g/mol. The molecule has 1 aliphatic heterocycles. The Morgan fingerprint density at radius 2 is 1.95 bits per heavy atom. The summed E-state index contributed by atoms with van der Waals surface area (Å²) in [7, 11) is 0. The lowest BCUT2D eigenvalue weighted by atomic mass is 9.87. The van der Waals surface area contributed by atoms with Gasteiger partial charge in [-0.1, -0.05) is 19.1 Å². The van der Waals surface area contributed by atoms with Crippen molar-refractivity contribution >= 4 is 0 Å². The van der Waals surface area contributed by atoms with E-state index in [2.05, 4.69) is 11.8 Å². The minimum atomic E-state index is 0.657. The van der Waals surface area contributed by atoms with Crippen LogP contribution in [0.15, 0.2) is 24.3 Å². The Balaban J connectivity index is 1.77. The molecule has 2 unspecified atom stereocenters. The number of nitrogens with two attached hydrogens (primary N) is 1. The summed E-state index contributed by atoms with van der Waals surface area (Å²) in [6.45, 7) is 9.67. The van der Waals surface area contributed by atoms with Crippen LogP contribution in [0.1, 0.15) is 20.3 Å². The Hall–Kier alpha value is -1.26. The van der Waals surface area contributed by atoms with Crippen molar-refractivity contribution in [3.8, 4) is 11.5 Å². The van der Waals surface area contributed by atoms with E-state index in [1.54, 1.807) is 0 Å². The van der Waals surface area contributed by atoms with E-state index in [1.165, 1.54) is 6.42 Å². The second kappa shape index (κ2) is 8.25. The highest BCUT2D eigenvalue weighted by Crippen LogP contribution is 2.26. The number of hydrogen-bond donors (Lipinski definition) is 1. The second-order valence-corrected chi connectivity index (χ2v) is 5.79. The largest absolute Gasteiger partial charge is 0.490 e. The number of likely N-dealkylation sites (tertiary alicyclic amines) is 1. The Morgan fingerprint density at radius 1 is 1.24 bits per heavy atom. The first kappa shape index (κ1) is 16.1. The van der Waals surface area contributed by atoms with Crippen LogP contribution >= 0.6 is 0 Å². The van der Waals surface area contributed by atoms with Gasteiger partial charge in [0.1, 0.15) is 6.61 Å². The number of rotatable bonds is 7. The molecule has 1 fully saturated rings. The van der Waals surface area contributed by atoms with Gasteiger partial charge in [-0.3, -0.25) is 4.90 Å². The smallest absolute Gasteiger partial charge is 0.161 e. The highest BCUT2D eigenvalue weighted by Gasteiger charge is 2.24. The first-order valence-corrected chi connectivity index (χ1v) is 8.01. The SMILES string of the molecule is CCOc1ccccc1OCCN1CCC(CN)C(C)C1. The summed E-state index contributed by atoms with van der Waals surface area (Å²) < 4.78 is 11.5. The molecule has 4 heteroatoms. The summed E-state index contributed by atoms with van der Waals surface area (Å²) >= 11 is 0. The van der Waals surface area contributed by atoms with Gasteiger partial charge in [0, 0.05) is 13.1 Å². The van der Waals surface area contributed by atoms with Crippen LogP contribution in [0, 0.1) is 11.8 Å². The van der Waals surface area contributed by atoms with Gasteiger partial charge in [0.2, 0.25) is 0 Å². The summed E-state index contributed by atoms with van der Waals surface area (Å²) in [5.74, 6) is 3.03. The third-order valence-corrected chi connectivity index (χ3v) is 4.28. The molecule has 2 atom stereocenters. The van der Waals surface area contributed by atoms with Gasteiger partial charge in [-0.15, -0.1) is 0 Å². The molecule has 1 heterocycles. The molecule has 0 aromatic heterocycles. The molecule has 0 amide bonds. The van der Waals surface area contributed by atoms with Gasteiger partial charge in [-0.05, 0) is 50.4 Å². The number of nitrogens with zero attached hydrogens (tertiary/aromatic N) is 1. The first-order chi connectivity index (χ1) is 10.2. The third-order valence-electron chi connectivity index (χ3n) is 4.28. The maximum absolute atomic E-state index is 5.89. The normalized spacial score (nSPS) is 23.0. The highest BCUT2D eigenvalue weighted by atomic mass is 16.5. The number of para-hydroxylation sites is 2. The lowest BCUT2D eigenvalue weighted by Crippen LogP contribution is -2.43. The van der Waals surface area contributed by atoms with Gasteiger partial charge in [0.05, 0.1) is 6.61 Å². The molecule has 21 heavy (non-hydrogen) atoms. The van der Waals surface area contributed by atoms with Crippen LogP contribution in [0.3, 0.4) is 0 Å². The van der Waals surface area contributed by atoms with Crippen molar-refractivity contribution in [2.75, 3.05) is 39.4 Å². The zero-order valence-corrected chi connectivity index (χ0v) is 13.3. The highest BCUT2D eigenvalue weighted by molar-refractivity contribution is 5.39. The molecule has 1 aliphatic rings. The van der Waals surface area contributed by atoms with E-state index in [9.17, 15) is 0 Å². The number of ether oxygens (including phenoxy) is 2. The van der Waals surface area contributed by atoms with E-state index in [1.807, 2.05) is 31.2 Å². The topological polar surface area (TPSA) is 47.7 Å². The molecule has 0 bridgehead atoms. The molecule has 2 N–H and O–H groups in total. The van der Waals surface area contributed by atoms with Crippen molar-refractivity contribution in [2.45, 2.75) is 20.3 Å². The van der Waals surface area contributed by atoms with Crippen LogP contribution < -0.4 is 15.2 Å². The van der Waals surface area contributed by atoms with Crippen molar-refractivity contribution in [1.82, 2.24) is 4.90 Å². The zero-order valence-electron chi connectivity index (χ0n) is 13.3. The predicted octanol–water partition coefficient (Wildman–Crippen LogP) is 2.38. The lowest BCUT2D eigenvalue weighted by molar-refractivity contribution is 0.114. The summed E-state index contributed by atoms with van der Waals surface area (Å²) in [5.41, 5.74) is 5.80. The molecule has 0 aliphatic carbocycles. The summed E-state index contributed by atoms with van der Waals surface area (Å²) in [4.78, 5) is 2.47. The van der Waals surface area contributed by atoms with E-state index in [0.29, 0.717) is 25.0 Å². The van der Waals surface area contributed by atoms with E-state index in [-0.39, 0.29) is 0 Å². The zero-order chi connectivity index (χ0) is 15.1. The Bertz CT molecular complexity index is 425. The summed E-state index contributed by atoms with van der Waals surface area (Å²) in [5, 5.41) is 0. The van der Waals surface area contributed by atoms with Crippen molar-refractivity contribution in [3.05, 3.63) is 24.3 Å². The molecule has 1 saturated heterocycles. The molecule has 0 spiro atoms. The van der Waals surface area contributed by atoms with Crippen LogP contribution in [0.4, 0.5) is 0 Å². The van der Waals surface area contributed by atoms with E-state index in [0.717, 1.165) is 37.7 Å². The van der Waals surface area contributed by atoms with Gasteiger partial charge in [0.25, 0.3) is 0 Å². The summed E-state index contributed by atoms with van der Waals surface area (Å²) in [6.07, 6.45) is 1.20. The van der Waals surface area contributed by atoms with Gasteiger partial charge >= 0.3 is 0 Å². The van der Waals surface area contributed by atoms with Crippen molar-refractivity contribution in [1.29, 1.82) is 0 Å². The molecular weight excluding hydrogens is 264 g/mol. The van der Waals surface area contributed by atoms with Gasteiger partial charge in [-0.25, -0.2) is 0 Å². The van der Waals surface area contributed by atoms with E-state index in [4.69, 9.17) is 15.2 Å². The molecular formula is C17H28N2O2. The van der Waals surface area contributed by atoms with E-state index < -0.39 is 0 Å². The lowest BCUT2D eigenvalue weighted by Gasteiger charge is -2.36. The molecule has 118 valence electrons. The van der Waals surface area contributed by atoms with Crippen LogP contribution in [0.2, 0.25) is 0 Å². The quantitative estimate of drug-likeness (QED) is 0.838. The average Bonchev–Trinajstić information content (AvgIpc) is 2.49. The molecule has 1 aromatic carbocycles. The van der Waals surface area contributed by atoms with Crippen LogP contribution in [-0.2, 0) is 0 Å². The van der Waals surface area contributed by atoms with Crippen molar-refractivity contribution < 1.29 is 9.47 Å². The fraction of sp³-hybridized carbons (Fsp3) is 0.647. The van der Waals surface area contributed by atoms with Crippen molar-refractivity contribution in [2.24, 2.45) is 17.6 Å². The summed E-state index contributed by atoms with van der Waals surface area (Å²) in [6, 6.07) is 7.87. The minimum Gasteiger partial charge on any atom is -0.490 e. The minimum absolute atomic E-state index is 0.657. The van der Waals surface area contributed by atoms with Crippen molar-refractivity contribution in [3.63, 3.8) is 0 Å². The van der Waals surface area contributed by atoms with Gasteiger partial charge in [-0.2, -0.15) is 0 Å². The van der Waals surface area contributed by atoms with Crippen LogP contribution in [0.25, 0.3) is 0 Å². The third kappa shape index (κ3) is 4.61. The van der Waals surface area contributed by atoms with Crippen LogP contribution in [0.5, 0.6) is 11.5 Å². The number of hydrogen-bond acceptors (Lipinski definition) is 4. The molecule has 0 saturated carbocycles.